The minimum atomic E-state index is -0.382. The number of nitrogens with zero attached hydrogens (tertiary/aromatic N) is 1. The van der Waals surface area contributed by atoms with Gasteiger partial charge in [0.1, 0.15) is 10.8 Å². The number of benzene rings is 1. The highest BCUT2D eigenvalue weighted by Gasteiger charge is 2.09. The topological polar surface area (TPSA) is 58.4 Å². The van der Waals surface area contributed by atoms with Crippen molar-refractivity contribution in [3.05, 3.63) is 35.1 Å². The van der Waals surface area contributed by atoms with Gasteiger partial charge in [0.2, 0.25) is 5.91 Å². The molecule has 0 aliphatic heterocycles. The second-order valence-corrected chi connectivity index (χ2v) is 6.02. The summed E-state index contributed by atoms with van der Waals surface area (Å²) in [5, 5.41) is 2.84. The molecule has 0 fully saturated rings. The van der Waals surface area contributed by atoms with Gasteiger partial charge in [0, 0.05) is 18.7 Å². The molecule has 1 aromatic carbocycles. The van der Waals surface area contributed by atoms with E-state index in [1.807, 2.05) is 18.7 Å². The molecule has 6 heteroatoms. The van der Waals surface area contributed by atoms with Crippen LogP contribution >= 0.6 is 12.2 Å². The fourth-order valence-electron chi connectivity index (χ4n) is 1.87. The van der Waals surface area contributed by atoms with Gasteiger partial charge in [-0.1, -0.05) is 26.1 Å². The van der Waals surface area contributed by atoms with E-state index in [2.05, 4.69) is 5.32 Å². The molecular weight excluding hydrogens is 289 g/mol. The van der Waals surface area contributed by atoms with E-state index in [4.69, 9.17) is 18.0 Å². The average molecular weight is 311 g/mol. The first-order valence-electron chi connectivity index (χ1n) is 6.82. The zero-order chi connectivity index (χ0) is 16.0. The monoisotopic (exact) mass is 311 g/mol. The molecule has 0 bridgehead atoms. The number of carbonyl (C=O) groups excluding carboxylic acids is 1. The van der Waals surface area contributed by atoms with E-state index < -0.39 is 0 Å². The van der Waals surface area contributed by atoms with Crippen LogP contribution in [-0.4, -0.2) is 35.9 Å². The van der Waals surface area contributed by atoms with E-state index in [0.29, 0.717) is 24.6 Å². The largest absolute Gasteiger partial charge is 0.389 e. The lowest BCUT2D eigenvalue weighted by atomic mass is 10.1. The zero-order valence-corrected chi connectivity index (χ0v) is 13.5. The number of likely N-dealkylation sites (N-methyl/N-ethyl adjacent to an activating group) is 1. The first-order chi connectivity index (χ1) is 9.77. The highest BCUT2D eigenvalue weighted by molar-refractivity contribution is 7.80. The Morgan fingerprint density at radius 3 is 2.67 bits per heavy atom. The van der Waals surface area contributed by atoms with Gasteiger partial charge in [0.25, 0.3) is 0 Å². The predicted molar refractivity (Wildman–Crippen MR) is 86.5 cm³/mol. The summed E-state index contributed by atoms with van der Waals surface area (Å²) < 4.78 is 13.5. The van der Waals surface area contributed by atoms with Crippen LogP contribution in [0.5, 0.6) is 0 Å². The third kappa shape index (κ3) is 6.64. The van der Waals surface area contributed by atoms with E-state index in [9.17, 15) is 9.18 Å². The highest BCUT2D eigenvalue weighted by atomic mass is 32.1. The fraction of sp³-hybridized carbons (Fsp3) is 0.467. The Morgan fingerprint density at radius 1 is 1.43 bits per heavy atom. The minimum absolute atomic E-state index is 0.0443. The molecule has 0 heterocycles. The molecule has 1 rings (SSSR count). The normalized spacial score (nSPS) is 11.0. The van der Waals surface area contributed by atoms with E-state index in [1.54, 1.807) is 13.1 Å². The van der Waals surface area contributed by atoms with Crippen LogP contribution in [0.1, 0.15) is 25.0 Å². The lowest BCUT2D eigenvalue weighted by molar-refractivity contribution is -0.122. The summed E-state index contributed by atoms with van der Waals surface area (Å²) in [5.74, 6) is -0.0132. The van der Waals surface area contributed by atoms with Crippen molar-refractivity contribution >= 4 is 23.1 Å². The maximum Gasteiger partial charge on any atom is 0.234 e. The molecule has 0 aliphatic carbocycles. The highest BCUT2D eigenvalue weighted by Crippen LogP contribution is 2.11. The predicted octanol–water partition coefficient (Wildman–Crippen LogP) is 1.66. The number of hydrogen-bond donors (Lipinski definition) is 2. The quantitative estimate of drug-likeness (QED) is 0.752. The Kier molecular flexibility index (Phi) is 6.71. The molecule has 0 atom stereocenters. The molecule has 1 aromatic rings. The van der Waals surface area contributed by atoms with Crippen LogP contribution in [0.25, 0.3) is 0 Å². The number of thiocarbonyl (C=S) groups is 1. The van der Waals surface area contributed by atoms with Crippen LogP contribution in [0.4, 0.5) is 4.39 Å². The maximum atomic E-state index is 13.5. The number of halogens is 1. The molecule has 0 aromatic heterocycles. The number of amides is 1. The van der Waals surface area contributed by atoms with Crippen LogP contribution in [0.3, 0.4) is 0 Å². The number of rotatable bonds is 7. The molecule has 0 spiro atoms. The third-order valence-electron chi connectivity index (χ3n) is 2.82. The van der Waals surface area contributed by atoms with Gasteiger partial charge in [-0.15, -0.1) is 0 Å². The van der Waals surface area contributed by atoms with Gasteiger partial charge in [-0.25, -0.2) is 4.39 Å². The molecule has 0 saturated heterocycles. The fourth-order valence-corrected chi connectivity index (χ4v) is 1.99. The molecule has 0 saturated carbocycles. The third-order valence-corrected chi connectivity index (χ3v) is 3.05. The van der Waals surface area contributed by atoms with Crippen molar-refractivity contribution in [3.8, 4) is 0 Å². The summed E-state index contributed by atoms with van der Waals surface area (Å²) in [6, 6.07) is 4.47. The van der Waals surface area contributed by atoms with Crippen molar-refractivity contribution in [2.24, 2.45) is 11.7 Å². The first kappa shape index (κ1) is 17.5. The summed E-state index contributed by atoms with van der Waals surface area (Å²) in [7, 11) is 1.81. The Balaban J connectivity index is 2.60. The number of hydrogen-bond acceptors (Lipinski definition) is 3. The van der Waals surface area contributed by atoms with Crippen molar-refractivity contribution < 1.29 is 9.18 Å². The second-order valence-electron chi connectivity index (χ2n) is 5.58. The van der Waals surface area contributed by atoms with E-state index in [-0.39, 0.29) is 23.3 Å². The number of nitrogens with two attached hydrogens (primary N) is 1. The van der Waals surface area contributed by atoms with Gasteiger partial charge in [0.15, 0.2) is 0 Å². The summed E-state index contributed by atoms with van der Waals surface area (Å²) in [5.41, 5.74) is 6.75. The lowest BCUT2D eigenvalue weighted by Crippen LogP contribution is -2.36. The molecule has 21 heavy (non-hydrogen) atoms. The minimum Gasteiger partial charge on any atom is -0.389 e. The Morgan fingerprint density at radius 2 is 2.10 bits per heavy atom. The Hall–Kier alpha value is -1.53. The van der Waals surface area contributed by atoms with Crippen LogP contribution < -0.4 is 11.1 Å². The van der Waals surface area contributed by atoms with Gasteiger partial charge >= 0.3 is 0 Å². The molecule has 1 amide bonds. The molecule has 0 aliphatic rings. The van der Waals surface area contributed by atoms with E-state index in [1.165, 1.54) is 12.1 Å². The van der Waals surface area contributed by atoms with Crippen LogP contribution in [0.2, 0.25) is 0 Å². The van der Waals surface area contributed by atoms with Crippen LogP contribution in [0, 0.1) is 11.7 Å². The smallest absolute Gasteiger partial charge is 0.234 e. The standard InChI is InChI=1S/C15H22FN3OS/c1-10(2)7-18-14(20)9-19(3)8-11-4-12(15(17)21)6-13(16)5-11/h4-6,10H,7-9H2,1-3H3,(H2,17,21)(H,18,20). The Bertz CT molecular complexity index is 520. The maximum absolute atomic E-state index is 13.5. The van der Waals surface area contributed by atoms with Crippen molar-refractivity contribution in [3.63, 3.8) is 0 Å². The van der Waals surface area contributed by atoms with Gasteiger partial charge in [0.05, 0.1) is 6.54 Å². The molecular formula is C15H22FN3OS. The summed E-state index contributed by atoms with van der Waals surface area (Å²) >= 11 is 4.86. The van der Waals surface area contributed by atoms with E-state index in [0.717, 1.165) is 5.56 Å². The van der Waals surface area contributed by atoms with E-state index >= 15 is 0 Å². The average Bonchev–Trinajstić information content (AvgIpc) is 2.35. The van der Waals surface area contributed by atoms with Crippen molar-refractivity contribution in [1.29, 1.82) is 0 Å². The molecule has 3 N–H and O–H groups in total. The number of carbonyl (C=O) groups is 1. The van der Waals surface area contributed by atoms with Crippen molar-refractivity contribution in [1.82, 2.24) is 10.2 Å². The first-order valence-corrected chi connectivity index (χ1v) is 7.23. The SMILES string of the molecule is CC(C)CNC(=O)CN(C)Cc1cc(F)cc(C(N)=S)c1. The summed E-state index contributed by atoms with van der Waals surface area (Å²) in [4.78, 5) is 13.7. The molecule has 0 radical (unpaired) electrons. The van der Waals surface area contributed by atoms with Crippen LogP contribution in [-0.2, 0) is 11.3 Å². The summed E-state index contributed by atoms with van der Waals surface area (Å²) in [6.07, 6.45) is 0. The second kappa shape index (κ2) is 8.05. The molecule has 4 nitrogen and oxygen atoms in total. The van der Waals surface area contributed by atoms with Crippen LogP contribution in [0.15, 0.2) is 18.2 Å². The number of nitrogens with one attached hydrogen (secondary N) is 1. The molecule has 116 valence electrons. The molecule has 0 unspecified atom stereocenters. The van der Waals surface area contributed by atoms with Gasteiger partial charge < -0.3 is 11.1 Å². The lowest BCUT2D eigenvalue weighted by Gasteiger charge is -2.17. The summed E-state index contributed by atoms with van der Waals surface area (Å²) in [6.45, 7) is 5.42. The Labute approximate surface area is 130 Å². The van der Waals surface area contributed by atoms with Gasteiger partial charge in [-0.05, 0) is 36.7 Å². The zero-order valence-electron chi connectivity index (χ0n) is 12.6. The van der Waals surface area contributed by atoms with Crippen molar-refractivity contribution in [2.45, 2.75) is 20.4 Å². The van der Waals surface area contributed by atoms with Gasteiger partial charge in [-0.2, -0.15) is 0 Å². The van der Waals surface area contributed by atoms with Gasteiger partial charge in [-0.3, -0.25) is 9.69 Å². The van der Waals surface area contributed by atoms with Crippen molar-refractivity contribution in [2.75, 3.05) is 20.1 Å².